The molecule has 1 atom stereocenters. The van der Waals surface area contributed by atoms with E-state index in [0.717, 1.165) is 16.7 Å². The van der Waals surface area contributed by atoms with Gasteiger partial charge >= 0.3 is 5.97 Å². The van der Waals surface area contributed by atoms with Gasteiger partial charge in [0.05, 0.1) is 31.4 Å². The van der Waals surface area contributed by atoms with Crippen LogP contribution in [0.1, 0.15) is 75.5 Å². The number of halogens is 2. The lowest BCUT2D eigenvalue weighted by atomic mass is 10.0. The number of esters is 1. The highest BCUT2D eigenvalue weighted by Gasteiger charge is 2.45. The van der Waals surface area contributed by atoms with Crippen molar-refractivity contribution in [3.05, 3.63) is 104 Å². The molecule has 258 valence electrons. The molecule has 4 rings (SSSR count). The number of nitrogens with zero attached hydrogens (tertiary/aromatic N) is 2. The summed E-state index contributed by atoms with van der Waals surface area (Å²) in [5.74, 6) is -1.18. The fourth-order valence-corrected chi connectivity index (χ4v) is 12.9. The van der Waals surface area contributed by atoms with Crippen molar-refractivity contribution in [2.45, 2.75) is 90.8 Å². The molecule has 0 fully saturated rings. The average Bonchev–Trinajstić information content (AvgIpc) is 3.04. The summed E-state index contributed by atoms with van der Waals surface area (Å²) in [7, 11) is -2.32. The zero-order valence-electron chi connectivity index (χ0n) is 28.8. The van der Waals surface area contributed by atoms with Gasteiger partial charge in [-0.15, -0.1) is 0 Å². The third-order valence-electron chi connectivity index (χ3n) is 8.87. The molecule has 8 nitrogen and oxygen atoms in total. The van der Waals surface area contributed by atoms with Crippen LogP contribution in [0, 0.1) is 5.82 Å². The molecule has 0 unspecified atom stereocenters. The van der Waals surface area contributed by atoms with Crippen molar-refractivity contribution in [2.75, 3.05) is 13.2 Å². The van der Waals surface area contributed by atoms with E-state index < -0.39 is 25.9 Å². The minimum Gasteiger partial charge on any atom is -0.485 e. The maximum absolute atomic E-state index is 14.4. The number of ether oxygens (including phenoxy) is 2. The second-order valence-electron chi connectivity index (χ2n) is 13.0. The highest BCUT2D eigenvalue weighted by atomic mass is 79.9. The topological polar surface area (TPSA) is 99.9 Å². The lowest BCUT2D eigenvalue weighted by Crippen LogP contribution is -2.49. The second kappa shape index (κ2) is 16.3. The quantitative estimate of drug-likeness (QED) is 0.0969. The van der Waals surface area contributed by atoms with Crippen molar-refractivity contribution in [3.8, 4) is 5.75 Å². The van der Waals surface area contributed by atoms with E-state index in [4.69, 9.17) is 18.9 Å². The van der Waals surface area contributed by atoms with Crippen LogP contribution >= 0.6 is 15.9 Å². The van der Waals surface area contributed by atoms with E-state index in [-0.39, 0.29) is 49.0 Å². The Kier molecular flexibility index (Phi) is 12.7. The number of carbonyl (C=O) groups excluding carboxylic acids is 1. The maximum atomic E-state index is 14.4. The Morgan fingerprint density at radius 1 is 0.979 bits per heavy atom. The van der Waals surface area contributed by atoms with Crippen molar-refractivity contribution in [2.24, 2.45) is 0 Å². The Bertz CT molecular complexity index is 1740. The zero-order valence-corrected chi connectivity index (χ0v) is 31.3. The number of hydrogen-bond donors (Lipinski definition) is 1. The first-order valence-corrected chi connectivity index (χ1v) is 19.4. The minimum absolute atomic E-state index is 0.000766. The lowest BCUT2D eigenvalue weighted by Gasteiger charge is -2.42. The van der Waals surface area contributed by atoms with Crippen molar-refractivity contribution >= 4 is 41.3 Å². The van der Waals surface area contributed by atoms with Crippen LogP contribution in [0.15, 0.2) is 70.1 Å². The van der Waals surface area contributed by atoms with Crippen LogP contribution < -0.4 is 10.3 Å². The van der Waals surface area contributed by atoms with Gasteiger partial charge in [0.1, 0.15) is 17.9 Å². The van der Waals surface area contributed by atoms with Crippen LogP contribution in [-0.4, -0.2) is 48.3 Å². The van der Waals surface area contributed by atoms with Gasteiger partial charge in [-0.05, 0) is 68.3 Å². The van der Waals surface area contributed by atoms with Crippen LogP contribution in [0.2, 0.25) is 16.6 Å². The fourth-order valence-electron chi connectivity index (χ4n) is 6.76. The van der Waals surface area contributed by atoms with E-state index in [2.05, 4.69) is 57.5 Å². The molecule has 0 spiro atoms. The highest BCUT2D eigenvalue weighted by molar-refractivity contribution is 9.10. The van der Waals surface area contributed by atoms with Crippen molar-refractivity contribution in [1.82, 2.24) is 9.55 Å². The van der Waals surface area contributed by atoms with Gasteiger partial charge in [-0.1, -0.05) is 84.0 Å². The van der Waals surface area contributed by atoms with Crippen molar-refractivity contribution < 1.29 is 28.2 Å². The van der Waals surface area contributed by atoms with Gasteiger partial charge in [-0.3, -0.25) is 9.78 Å². The van der Waals surface area contributed by atoms with Crippen LogP contribution in [0.3, 0.4) is 0 Å². The van der Waals surface area contributed by atoms with Crippen LogP contribution in [0.5, 0.6) is 5.75 Å². The van der Waals surface area contributed by atoms with Crippen LogP contribution in [-0.2, 0) is 28.7 Å². The molecular weight excluding hydrogens is 695 g/mol. The van der Waals surface area contributed by atoms with Gasteiger partial charge in [-0.25, -0.2) is 9.18 Å². The minimum atomic E-state index is -2.32. The third kappa shape index (κ3) is 8.07. The number of pyridine rings is 2. The first-order valence-electron chi connectivity index (χ1n) is 16.5. The summed E-state index contributed by atoms with van der Waals surface area (Å²) in [6.07, 6.45) is 0.949. The number of rotatable bonds is 15. The van der Waals surface area contributed by atoms with Crippen LogP contribution in [0.25, 0.3) is 11.0 Å². The summed E-state index contributed by atoms with van der Waals surface area (Å²) < 4.78 is 33.8. The molecule has 0 aliphatic rings. The molecule has 0 radical (unpaired) electrons. The predicted molar refractivity (Wildman–Crippen MR) is 193 cm³/mol. The Balaban J connectivity index is 1.88. The van der Waals surface area contributed by atoms with E-state index >= 15 is 0 Å². The molecule has 4 aromatic rings. The molecule has 2 heterocycles. The summed E-state index contributed by atoms with van der Waals surface area (Å²) in [6, 6.07) is 15.5. The van der Waals surface area contributed by atoms with Gasteiger partial charge in [0.25, 0.3) is 5.56 Å². The zero-order chi connectivity index (χ0) is 35.2. The largest absolute Gasteiger partial charge is 0.485 e. The lowest BCUT2D eigenvalue weighted by molar-refractivity contribution is 0.0516. The number of fused-ring (bicyclic) bond motifs is 1. The third-order valence-corrected chi connectivity index (χ3v) is 15.8. The number of carbonyl (C=O) groups is 1. The summed E-state index contributed by atoms with van der Waals surface area (Å²) in [4.78, 5) is 32.5. The van der Waals surface area contributed by atoms with E-state index in [0.29, 0.717) is 33.0 Å². The second-order valence-corrected chi connectivity index (χ2v) is 19.2. The standard InChI is InChI=1S/C37H46BrFN2O6Si/c1-8-45-37(44)31-35(46-21-27-12-10-9-11-13-27)33-34(32(38)28(19-40-33)18-26-14-16-29(39)17-15-26)41(36(31)43)20-30(42)22-47-48(23(2)3,24(4)5)25(6)7/h9-17,19,23-25,30,42H,8,18,20-22H2,1-7H3/t30-/m0/s1. The number of aliphatic hydroxyl groups is 1. The Morgan fingerprint density at radius 3 is 2.19 bits per heavy atom. The Labute approximate surface area is 291 Å². The SMILES string of the molecule is CCOC(=O)c1c(OCc2ccccc2)c2ncc(Cc3ccc(F)cc3)c(Br)c2n(C[C@H](O)CO[Si](C(C)C)(C(C)C)C(C)C)c1=O. The monoisotopic (exact) mass is 740 g/mol. The molecule has 0 saturated heterocycles. The average molecular weight is 742 g/mol. The summed E-state index contributed by atoms with van der Waals surface area (Å²) in [5.41, 5.74) is 2.93. The molecule has 48 heavy (non-hydrogen) atoms. The normalized spacial score (nSPS) is 12.7. The first kappa shape index (κ1) is 37.4. The van der Waals surface area contributed by atoms with Gasteiger partial charge in [-0.2, -0.15) is 0 Å². The highest BCUT2D eigenvalue weighted by Crippen LogP contribution is 2.42. The molecule has 11 heteroatoms. The Morgan fingerprint density at radius 2 is 1.60 bits per heavy atom. The van der Waals surface area contributed by atoms with E-state index in [1.54, 1.807) is 25.3 Å². The molecule has 2 aromatic carbocycles. The van der Waals surface area contributed by atoms with E-state index in [1.165, 1.54) is 16.7 Å². The van der Waals surface area contributed by atoms with Gasteiger partial charge < -0.3 is 23.6 Å². The van der Waals surface area contributed by atoms with Gasteiger partial charge in [0.2, 0.25) is 0 Å². The fraction of sp³-hybridized carbons (Fsp3) is 0.432. The molecule has 2 aromatic heterocycles. The molecule has 0 aliphatic heterocycles. The molecule has 0 aliphatic carbocycles. The molecule has 0 amide bonds. The van der Waals surface area contributed by atoms with Gasteiger partial charge in [0, 0.05) is 17.1 Å². The molecule has 1 N–H and O–H groups in total. The number of hydrogen-bond acceptors (Lipinski definition) is 7. The smallest absolute Gasteiger partial charge is 0.347 e. The number of benzene rings is 2. The summed E-state index contributed by atoms with van der Waals surface area (Å²) >= 11 is 3.73. The van der Waals surface area contributed by atoms with Crippen molar-refractivity contribution in [1.29, 1.82) is 0 Å². The van der Waals surface area contributed by atoms with E-state index in [1.807, 2.05) is 30.3 Å². The molecule has 0 bridgehead atoms. The van der Waals surface area contributed by atoms with E-state index in [9.17, 15) is 19.1 Å². The summed E-state index contributed by atoms with van der Waals surface area (Å²) in [5, 5.41) is 11.5. The summed E-state index contributed by atoms with van der Waals surface area (Å²) in [6.45, 7) is 14.6. The maximum Gasteiger partial charge on any atom is 0.347 e. The van der Waals surface area contributed by atoms with Gasteiger partial charge in [0.15, 0.2) is 19.6 Å². The Hall–Kier alpha value is -3.38. The number of aliphatic hydroxyl groups excluding tert-OH is 1. The van der Waals surface area contributed by atoms with Crippen LogP contribution in [0.4, 0.5) is 4.39 Å². The van der Waals surface area contributed by atoms with Crippen molar-refractivity contribution in [3.63, 3.8) is 0 Å². The molecular formula is C37H46BrFN2O6Si. The number of aromatic nitrogens is 2. The predicted octanol–water partition coefficient (Wildman–Crippen LogP) is 8.20. The first-order chi connectivity index (χ1) is 22.8. The molecule has 0 saturated carbocycles.